The Morgan fingerprint density at radius 2 is 2.09 bits per heavy atom. The van der Waals surface area contributed by atoms with E-state index >= 15 is 0 Å². The highest BCUT2D eigenvalue weighted by molar-refractivity contribution is 5.86. The minimum absolute atomic E-state index is 0.0196. The maximum absolute atomic E-state index is 12.2. The van der Waals surface area contributed by atoms with E-state index in [1.807, 2.05) is 13.0 Å². The van der Waals surface area contributed by atoms with Gasteiger partial charge in [-0.1, -0.05) is 18.2 Å². The number of hydrogen-bond acceptors (Lipinski definition) is 5. The molecule has 162 valence electrons. The standard InChI is InChI=1S/C25H25N5O2/c1-16-9-20-12-21(13-27-24(31)7-8-30-15-26-14-28-30)32-25(20)22(10-16)18-5-6-23-19(11-18)4-3-17(2)29-23/h3-6,9-11,14-15,21H,7-8,12-13H2,1-2H3,(H,27,31). The topological polar surface area (TPSA) is 81.9 Å². The van der Waals surface area contributed by atoms with E-state index in [1.165, 1.54) is 17.5 Å². The molecule has 0 fully saturated rings. The fourth-order valence-electron chi connectivity index (χ4n) is 4.20. The maximum Gasteiger partial charge on any atom is 0.221 e. The van der Waals surface area contributed by atoms with Crippen molar-refractivity contribution in [3.05, 3.63) is 71.9 Å². The Balaban J connectivity index is 1.30. The third kappa shape index (κ3) is 4.19. The van der Waals surface area contributed by atoms with Crippen LogP contribution in [0, 0.1) is 13.8 Å². The molecule has 2 aromatic carbocycles. The number of hydrogen-bond donors (Lipinski definition) is 1. The van der Waals surface area contributed by atoms with Crippen molar-refractivity contribution < 1.29 is 9.53 Å². The van der Waals surface area contributed by atoms with E-state index < -0.39 is 0 Å². The van der Waals surface area contributed by atoms with Gasteiger partial charge in [-0.3, -0.25) is 14.5 Å². The van der Waals surface area contributed by atoms with Gasteiger partial charge in [-0.25, -0.2) is 4.98 Å². The van der Waals surface area contributed by atoms with Crippen LogP contribution < -0.4 is 10.1 Å². The Morgan fingerprint density at radius 3 is 2.94 bits per heavy atom. The van der Waals surface area contributed by atoms with E-state index in [0.717, 1.165) is 39.9 Å². The second-order valence-electron chi connectivity index (χ2n) is 8.32. The first-order valence-electron chi connectivity index (χ1n) is 10.8. The number of ether oxygens (including phenoxy) is 1. The Bertz CT molecular complexity index is 1280. The van der Waals surface area contributed by atoms with Crippen LogP contribution in [0.15, 0.2) is 55.1 Å². The number of aromatic nitrogens is 4. The predicted octanol–water partition coefficient (Wildman–Crippen LogP) is 3.62. The summed E-state index contributed by atoms with van der Waals surface area (Å²) in [6, 6.07) is 14.8. The SMILES string of the molecule is Cc1cc2c(c(-c3ccc4nc(C)ccc4c3)c1)OC(CNC(=O)CCn1cncn1)C2. The Morgan fingerprint density at radius 1 is 1.19 bits per heavy atom. The zero-order chi connectivity index (χ0) is 22.1. The van der Waals surface area contributed by atoms with Gasteiger partial charge in [0.15, 0.2) is 0 Å². The summed E-state index contributed by atoms with van der Waals surface area (Å²) in [6.45, 7) is 5.10. The summed E-state index contributed by atoms with van der Waals surface area (Å²) in [5, 5.41) is 8.12. The Kier molecular flexibility index (Phi) is 5.31. The molecule has 0 bridgehead atoms. The molecule has 3 heterocycles. The van der Waals surface area contributed by atoms with Crippen LogP contribution >= 0.6 is 0 Å². The highest BCUT2D eigenvalue weighted by Crippen LogP contribution is 2.40. The lowest BCUT2D eigenvalue weighted by atomic mass is 9.97. The summed E-state index contributed by atoms with van der Waals surface area (Å²) in [6.07, 6.45) is 4.14. The fraction of sp³-hybridized carbons (Fsp3) is 0.280. The minimum atomic E-state index is -0.0781. The molecular formula is C25H25N5O2. The van der Waals surface area contributed by atoms with Gasteiger partial charge in [-0.2, -0.15) is 5.10 Å². The van der Waals surface area contributed by atoms with Crippen molar-refractivity contribution in [2.75, 3.05) is 6.54 Å². The predicted molar refractivity (Wildman–Crippen MR) is 122 cm³/mol. The largest absolute Gasteiger partial charge is 0.487 e. The molecule has 1 unspecified atom stereocenters. The van der Waals surface area contributed by atoms with Crippen LogP contribution in [0.25, 0.3) is 22.0 Å². The molecule has 2 aromatic heterocycles. The molecule has 0 aliphatic carbocycles. The van der Waals surface area contributed by atoms with Crippen molar-refractivity contribution in [1.82, 2.24) is 25.1 Å². The van der Waals surface area contributed by atoms with Crippen LogP contribution in [-0.2, 0) is 17.8 Å². The smallest absolute Gasteiger partial charge is 0.221 e. The summed E-state index contributed by atoms with van der Waals surface area (Å²) in [5.41, 5.74) is 6.58. The molecule has 1 N–H and O–H groups in total. The second kappa shape index (κ2) is 8.42. The molecule has 32 heavy (non-hydrogen) atoms. The molecule has 0 radical (unpaired) electrons. The van der Waals surface area contributed by atoms with Crippen LogP contribution in [0.2, 0.25) is 0 Å². The molecule has 7 heteroatoms. The fourth-order valence-corrected chi connectivity index (χ4v) is 4.20. The Labute approximate surface area is 186 Å². The highest BCUT2D eigenvalue weighted by atomic mass is 16.5. The zero-order valence-corrected chi connectivity index (χ0v) is 18.2. The van der Waals surface area contributed by atoms with Crippen molar-refractivity contribution >= 4 is 16.8 Å². The number of pyridine rings is 1. The summed E-state index contributed by atoms with van der Waals surface area (Å²) in [4.78, 5) is 20.7. The molecule has 1 amide bonds. The zero-order valence-electron chi connectivity index (χ0n) is 18.2. The molecule has 0 spiro atoms. The summed E-state index contributed by atoms with van der Waals surface area (Å²) < 4.78 is 7.97. The third-order valence-corrected chi connectivity index (χ3v) is 5.74. The summed E-state index contributed by atoms with van der Waals surface area (Å²) in [5.74, 6) is 0.894. The lowest BCUT2D eigenvalue weighted by Gasteiger charge is -2.14. The Hall–Kier alpha value is -3.74. The van der Waals surface area contributed by atoms with Gasteiger partial charge < -0.3 is 10.1 Å². The van der Waals surface area contributed by atoms with Crippen LogP contribution in [-0.4, -0.2) is 38.3 Å². The van der Waals surface area contributed by atoms with Crippen molar-refractivity contribution in [2.24, 2.45) is 0 Å². The van der Waals surface area contributed by atoms with Gasteiger partial charge in [0.1, 0.15) is 24.5 Å². The average molecular weight is 428 g/mol. The molecule has 5 rings (SSSR count). The highest BCUT2D eigenvalue weighted by Gasteiger charge is 2.26. The van der Waals surface area contributed by atoms with E-state index in [1.54, 1.807) is 11.0 Å². The number of fused-ring (bicyclic) bond motifs is 2. The summed E-state index contributed by atoms with van der Waals surface area (Å²) in [7, 11) is 0. The van der Waals surface area contributed by atoms with Crippen molar-refractivity contribution in [3.8, 4) is 16.9 Å². The van der Waals surface area contributed by atoms with Crippen molar-refractivity contribution in [1.29, 1.82) is 0 Å². The first-order valence-corrected chi connectivity index (χ1v) is 10.8. The van der Waals surface area contributed by atoms with E-state index in [2.05, 4.69) is 63.7 Å². The van der Waals surface area contributed by atoms with Crippen LogP contribution in [0.5, 0.6) is 5.75 Å². The lowest BCUT2D eigenvalue weighted by molar-refractivity contribution is -0.121. The molecule has 0 saturated heterocycles. The van der Waals surface area contributed by atoms with Crippen LogP contribution in [0.1, 0.15) is 23.2 Å². The maximum atomic E-state index is 12.2. The number of nitrogens with one attached hydrogen (secondary N) is 1. The first-order chi connectivity index (χ1) is 15.5. The number of carbonyl (C=O) groups is 1. The number of rotatable bonds is 6. The van der Waals surface area contributed by atoms with Crippen LogP contribution in [0.4, 0.5) is 0 Å². The summed E-state index contributed by atoms with van der Waals surface area (Å²) >= 11 is 0. The molecule has 0 saturated carbocycles. The monoisotopic (exact) mass is 427 g/mol. The van der Waals surface area contributed by atoms with E-state index in [-0.39, 0.29) is 12.0 Å². The molecule has 4 aromatic rings. The van der Waals surface area contributed by atoms with Gasteiger partial charge >= 0.3 is 0 Å². The number of aryl methyl sites for hydroxylation is 3. The number of nitrogens with zero attached hydrogens (tertiary/aromatic N) is 4. The number of benzene rings is 2. The quantitative estimate of drug-likeness (QED) is 0.508. The second-order valence-corrected chi connectivity index (χ2v) is 8.32. The molecule has 7 nitrogen and oxygen atoms in total. The molecule has 1 aliphatic heterocycles. The van der Waals surface area contributed by atoms with Gasteiger partial charge in [0.2, 0.25) is 5.91 Å². The van der Waals surface area contributed by atoms with Crippen LogP contribution in [0.3, 0.4) is 0 Å². The number of carbonyl (C=O) groups excluding carboxylic acids is 1. The average Bonchev–Trinajstić information content (AvgIpc) is 3.45. The van der Waals surface area contributed by atoms with Gasteiger partial charge in [-0.15, -0.1) is 0 Å². The van der Waals surface area contributed by atoms with E-state index in [9.17, 15) is 4.79 Å². The van der Waals surface area contributed by atoms with E-state index in [0.29, 0.717) is 19.5 Å². The molecular weight excluding hydrogens is 402 g/mol. The van der Waals surface area contributed by atoms with Gasteiger partial charge in [0, 0.05) is 29.5 Å². The van der Waals surface area contributed by atoms with Crippen molar-refractivity contribution in [3.63, 3.8) is 0 Å². The molecule has 1 atom stereocenters. The number of amides is 1. The normalized spacial score (nSPS) is 14.9. The third-order valence-electron chi connectivity index (χ3n) is 5.74. The first kappa shape index (κ1) is 20.2. The molecule has 1 aliphatic rings. The van der Waals surface area contributed by atoms with Gasteiger partial charge in [0.25, 0.3) is 0 Å². The van der Waals surface area contributed by atoms with E-state index in [4.69, 9.17) is 4.74 Å². The lowest BCUT2D eigenvalue weighted by Crippen LogP contribution is -2.34. The van der Waals surface area contributed by atoms with Gasteiger partial charge in [0.05, 0.1) is 18.6 Å². The minimum Gasteiger partial charge on any atom is -0.487 e. The van der Waals surface area contributed by atoms with Gasteiger partial charge in [-0.05, 0) is 54.8 Å². The van der Waals surface area contributed by atoms with Crippen molar-refractivity contribution in [2.45, 2.75) is 39.3 Å².